The first-order valence-corrected chi connectivity index (χ1v) is 10.9. The second-order valence-corrected chi connectivity index (χ2v) is 9.61. The third-order valence-corrected chi connectivity index (χ3v) is 5.46. The lowest BCUT2D eigenvalue weighted by Gasteiger charge is -2.19. The Bertz CT molecular complexity index is 1330. The standard InChI is InChI=1S/C24H25BrN4O/c1-5-22-27-20-11-10-17(25)12-19(20)23(30)29(22)26-13-16-14-28(15-24(2,3)4)21-9-7-6-8-18(16)21/h6-14H,5,15H2,1-4H3. The predicted molar refractivity (Wildman–Crippen MR) is 127 cm³/mol. The highest BCUT2D eigenvalue weighted by Crippen LogP contribution is 2.25. The van der Waals surface area contributed by atoms with Crippen LogP contribution in [-0.2, 0) is 13.0 Å². The average molecular weight is 465 g/mol. The normalized spacial score (nSPS) is 12.4. The molecule has 4 rings (SSSR count). The van der Waals surface area contributed by atoms with Gasteiger partial charge in [0.25, 0.3) is 5.56 Å². The highest BCUT2D eigenvalue weighted by Gasteiger charge is 2.15. The van der Waals surface area contributed by atoms with Crippen LogP contribution < -0.4 is 5.56 Å². The van der Waals surface area contributed by atoms with E-state index in [1.807, 2.05) is 31.2 Å². The van der Waals surface area contributed by atoms with Gasteiger partial charge in [0.15, 0.2) is 0 Å². The summed E-state index contributed by atoms with van der Waals surface area (Å²) in [4.78, 5) is 17.8. The van der Waals surface area contributed by atoms with Gasteiger partial charge in [0.1, 0.15) is 5.82 Å². The van der Waals surface area contributed by atoms with Crippen molar-refractivity contribution in [2.24, 2.45) is 10.5 Å². The molecule has 0 saturated heterocycles. The summed E-state index contributed by atoms with van der Waals surface area (Å²) in [5, 5.41) is 6.24. The van der Waals surface area contributed by atoms with Crippen LogP contribution in [0.5, 0.6) is 0 Å². The van der Waals surface area contributed by atoms with Crippen molar-refractivity contribution in [2.45, 2.75) is 40.7 Å². The Hall–Kier alpha value is -2.73. The molecule has 0 aliphatic rings. The van der Waals surface area contributed by atoms with Crippen molar-refractivity contribution in [3.8, 4) is 0 Å². The van der Waals surface area contributed by atoms with E-state index in [1.165, 1.54) is 4.68 Å². The minimum Gasteiger partial charge on any atom is -0.346 e. The maximum atomic E-state index is 13.1. The first-order chi connectivity index (χ1) is 14.3. The van der Waals surface area contributed by atoms with Gasteiger partial charge < -0.3 is 4.57 Å². The van der Waals surface area contributed by atoms with Gasteiger partial charge in [0.05, 0.1) is 17.1 Å². The Morgan fingerprint density at radius 3 is 2.63 bits per heavy atom. The summed E-state index contributed by atoms with van der Waals surface area (Å²) in [7, 11) is 0. The Morgan fingerprint density at radius 2 is 1.90 bits per heavy atom. The zero-order chi connectivity index (χ0) is 21.5. The first-order valence-electron chi connectivity index (χ1n) is 10.1. The molecule has 0 N–H and O–H groups in total. The molecule has 0 atom stereocenters. The smallest absolute Gasteiger partial charge is 0.282 e. The molecule has 0 radical (unpaired) electrons. The molecule has 2 heterocycles. The van der Waals surface area contributed by atoms with E-state index in [0.717, 1.165) is 27.5 Å². The van der Waals surface area contributed by atoms with Crippen molar-refractivity contribution in [3.63, 3.8) is 0 Å². The molecule has 0 aliphatic carbocycles. The molecule has 2 aromatic carbocycles. The van der Waals surface area contributed by atoms with Gasteiger partial charge in [-0.3, -0.25) is 4.79 Å². The topological polar surface area (TPSA) is 52.2 Å². The molecule has 0 bridgehead atoms. The van der Waals surface area contributed by atoms with E-state index < -0.39 is 0 Å². The molecule has 4 aromatic rings. The van der Waals surface area contributed by atoms with Crippen LogP contribution in [0.2, 0.25) is 0 Å². The molecule has 0 unspecified atom stereocenters. The van der Waals surface area contributed by atoms with Crippen LogP contribution in [0.4, 0.5) is 0 Å². The minimum absolute atomic E-state index is 0.151. The summed E-state index contributed by atoms with van der Waals surface area (Å²) in [6, 6.07) is 13.8. The molecular weight excluding hydrogens is 440 g/mol. The van der Waals surface area contributed by atoms with Gasteiger partial charge in [0, 0.05) is 40.1 Å². The minimum atomic E-state index is -0.159. The highest BCUT2D eigenvalue weighted by atomic mass is 79.9. The van der Waals surface area contributed by atoms with Gasteiger partial charge in [0.2, 0.25) is 0 Å². The van der Waals surface area contributed by atoms with Crippen LogP contribution in [-0.4, -0.2) is 20.4 Å². The van der Waals surface area contributed by atoms with E-state index in [2.05, 4.69) is 69.7 Å². The van der Waals surface area contributed by atoms with E-state index in [0.29, 0.717) is 23.1 Å². The number of para-hydroxylation sites is 1. The molecule has 2 aromatic heterocycles. The number of aromatic nitrogens is 3. The monoisotopic (exact) mass is 464 g/mol. The van der Waals surface area contributed by atoms with Crippen LogP contribution in [0.3, 0.4) is 0 Å². The van der Waals surface area contributed by atoms with Crippen molar-refractivity contribution in [2.75, 3.05) is 0 Å². The van der Waals surface area contributed by atoms with Crippen molar-refractivity contribution in [1.29, 1.82) is 0 Å². The average Bonchev–Trinajstić information content (AvgIpc) is 3.03. The fourth-order valence-corrected chi connectivity index (χ4v) is 4.04. The van der Waals surface area contributed by atoms with Gasteiger partial charge in [-0.15, -0.1) is 0 Å². The van der Waals surface area contributed by atoms with Gasteiger partial charge in [-0.2, -0.15) is 9.78 Å². The quantitative estimate of drug-likeness (QED) is 0.368. The maximum Gasteiger partial charge on any atom is 0.282 e. The molecule has 0 aliphatic heterocycles. The van der Waals surface area contributed by atoms with Gasteiger partial charge in [-0.1, -0.05) is 61.8 Å². The maximum absolute atomic E-state index is 13.1. The van der Waals surface area contributed by atoms with Crippen molar-refractivity contribution < 1.29 is 0 Å². The molecule has 154 valence electrons. The summed E-state index contributed by atoms with van der Waals surface area (Å²) in [5.41, 5.74) is 2.83. The molecule has 6 heteroatoms. The van der Waals surface area contributed by atoms with Gasteiger partial charge in [-0.25, -0.2) is 4.98 Å². The SMILES string of the molecule is CCc1nc2ccc(Br)cc2c(=O)n1N=Cc1cn(CC(C)(C)C)c2ccccc12. The number of nitrogens with zero attached hydrogens (tertiary/aromatic N) is 4. The van der Waals surface area contributed by atoms with Crippen LogP contribution >= 0.6 is 15.9 Å². The lowest BCUT2D eigenvalue weighted by Crippen LogP contribution is -2.22. The lowest BCUT2D eigenvalue weighted by molar-refractivity contribution is 0.349. The van der Waals surface area contributed by atoms with Crippen molar-refractivity contribution >= 4 is 44.0 Å². The van der Waals surface area contributed by atoms with Gasteiger partial charge >= 0.3 is 0 Å². The molecule has 0 fully saturated rings. The van der Waals surface area contributed by atoms with Gasteiger partial charge in [-0.05, 0) is 29.7 Å². The third kappa shape index (κ3) is 3.97. The first kappa shape index (κ1) is 20.5. The van der Waals surface area contributed by atoms with Crippen LogP contribution in [0.15, 0.2) is 63.0 Å². The summed E-state index contributed by atoms with van der Waals surface area (Å²) in [5.74, 6) is 0.643. The fourth-order valence-electron chi connectivity index (χ4n) is 3.68. The number of aryl methyl sites for hydroxylation is 1. The Morgan fingerprint density at radius 1 is 1.13 bits per heavy atom. The molecule has 0 spiro atoms. The fraction of sp³-hybridized carbons (Fsp3) is 0.292. The van der Waals surface area contributed by atoms with E-state index in [-0.39, 0.29) is 11.0 Å². The number of benzene rings is 2. The Balaban J connectivity index is 1.85. The molecule has 0 saturated carbocycles. The molecular formula is C24H25BrN4O. The summed E-state index contributed by atoms with van der Waals surface area (Å²) in [6.45, 7) is 9.55. The van der Waals surface area contributed by atoms with Crippen molar-refractivity contribution in [1.82, 2.24) is 14.2 Å². The number of rotatable bonds is 4. The zero-order valence-electron chi connectivity index (χ0n) is 17.7. The number of fused-ring (bicyclic) bond motifs is 2. The van der Waals surface area contributed by atoms with Crippen LogP contribution in [0.1, 0.15) is 39.1 Å². The largest absolute Gasteiger partial charge is 0.346 e. The number of halogens is 1. The molecule has 30 heavy (non-hydrogen) atoms. The second-order valence-electron chi connectivity index (χ2n) is 8.69. The Labute approximate surface area is 184 Å². The number of hydrogen-bond donors (Lipinski definition) is 0. The van der Waals surface area contributed by atoms with E-state index in [1.54, 1.807) is 12.3 Å². The number of hydrogen-bond acceptors (Lipinski definition) is 3. The van der Waals surface area contributed by atoms with E-state index >= 15 is 0 Å². The van der Waals surface area contributed by atoms with Crippen LogP contribution in [0.25, 0.3) is 21.8 Å². The predicted octanol–water partition coefficient (Wildman–Crippen LogP) is 5.60. The zero-order valence-corrected chi connectivity index (χ0v) is 19.3. The summed E-state index contributed by atoms with van der Waals surface area (Å²) >= 11 is 3.44. The third-order valence-electron chi connectivity index (χ3n) is 4.97. The molecule has 5 nitrogen and oxygen atoms in total. The molecule has 0 amide bonds. The summed E-state index contributed by atoms with van der Waals surface area (Å²) in [6.07, 6.45) is 4.50. The van der Waals surface area contributed by atoms with E-state index in [4.69, 9.17) is 0 Å². The Kier molecular flexibility index (Phi) is 5.36. The van der Waals surface area contributed by atoms with Crippen molar-refractivity contribution in [3.05, 3.63) is 74.9 Å². The highest BCUT2D eigenvalue weighted by molar-refractivity contribution is 9.10. The summed E-state index contributed by atoms with van der Waals surface area (Å²) < 4.78 is 4.53. The lowest BCUT2D eigenvalue weighted by atomic mass is 9.97. The van der Waals surface area contributed by atoms with E-state index in [9.17, 15) is 4.79 Å². The van der Waals surface area contributed by atoms with Crippen LogP contribution in [0, 0.1) is 5.41 Å². The second kappa shape index (κ2) is 7.84.